The fourth-order valence-electron chi connectivity index (χ4n) is 1.03. The summed E-state index contributed by atoms with van der Waals surface area (Å²) in [6, 6.07) is 8.60. The molecular weight excluding hydrogens is 159 g/mol. The Balaban J connectivity index is 0.000000720. The molecule has 0 aliphatic carbocycles. The predicted octanol–water partition coefficient (Wildman–Crippen LogP) is 1.95. The van der Waals surface area contributed by atoms with Crippen molar-refractivity contribution in [1.82, 2.24) is 0 Å². The highest BCUT2D eigenvalue weighted by atomic mass is 19.0. The fraction of sp³-hybridized carbons (Fsp3) is 0. The molecule has 0 amide bonds. The molecule has 2 rings (SSSR count). The van der Waals surface area contributed by atoms with E-state index < -0.39 is 0 Å². The van der Waals surface area contributed by atoms with Gasteiger partial charge in [-0.1, -0.05) is 12.1 Å². The van der Waals surface area contributed by atoms with Crippen LogP contribution < -0.4 is 5.43 Å². The van der Waals surface area contributed by atoms with Gasteiger partial charge in [0.2, 0.25) is 0 Å². The summed E-state index contributed by atoms with van der Waals surface area (Å²) in [5.74, 6) is 0. The SMILES string of the molecule is F.O=c1ccoc2ccccc12. The summed E-state index contributed by atoms with van der Waals surface area (Å²) < 4.78 is 5.09. The molecule has 2 aromatic rings. The van der Waals surface area contributed by atoms with Gasteiger partial charge in [-0.05, 0) is 12.1 Å². The largest absolute Gasteiger partial charge is 0.464 e. The number of para-hydroxylation sites is 1. The third-order valence-electron chi connectivity index (χ3n) is 1.57. The van der Waals surface area contributed by atoms with Gasteiger partial charge in [-0.25, -0.2) is 0 Å². The van der Waals surface area contributed by atoms with E-state index in [2.05, 4.69) is 0 Å². The van der Waals surface area contributed by atoms with Crippen molar-refractivity contribution in [3.05, 3.63) is 46.8 Å². The third-order valence-corrected chi connectivity index (χ3v) is 1.57. The first kappa shape index (κ1) is 8.46. The van der Waals surface area contributed by atoms with E-state index in [1.54, 1.807) is 12.1 Å². The van der Waals surface area contributed by atoms with Crippen LogP contribution in [0.25, 0.3) is 11.0 Å². The van der Waals surface area contributed by atoms with Crippen LogP contribution in [-0.4, -0.2) is 0 Å². The molecule has 12 heavy (non-hydrogen) atoms. The Kier molecular flexibility index (Phi) is 2.24. The average molecular weight is 166 g/mol. The van der Waals surface area contributed by atoms with Crippen molar-refractivity contribution >= 4 is 11.0 Å². The minimum absolute atomic E-state index is 0. The Morgan fingerprint density at radius 1 is 1.08 bits per heavy atom. The number of halogens is 1. The van der Waals surface area contributed by atoms with E-state index in [-0.39, 0.29) is 10.1 Å². The van der Waals surface area contributed by atoms with Crippen molar-refractivity contribution in [2.75, 3.05) is 0 Å². The summed E-state index contributed by atoms with van der Waals surface area (Å²) in [6.07, 6.45) is 1.41. The van der Waals surface area contributed by atoms with Crippen LogP contribution in [0.5, 0.6) is 0 Å². The monoisotopic (exact) mass is 166 g/mol. The Bertz CT molecular complexity index is 428. The molecule has 0 unspecified atom stereocenters. The van der Waals surface area contributed by atoms with Crippen LogP contribution in [0.2, 0.25) is 0 Å². The Labute approximate surface area is 67.8 Å². The van der Waals surface area contributed by atoms with Crippen molar-refractivity contribution < 1.29 is 9.12 Å². The molecule has 0 aliphatic rings. The van der Waals surface area contributed by atoms with Crippen LogP contribution in [0.3, 0.4) is 0 Å². The summed E-state index contributed by atoms with van der Waals surface area (Å²) in [7, 11) is 0. The highest BCUT2D eigenvalue weighted by Gasteiger charge is 1.95. The van der Waals surface area contributed by atoms with Gasteiger partial charge in [-0.2, -0.15) is 0 Å². The molecule has 0 spiro atoms. The average Bonchev–Trinajstić information content (AvgIpc) is 2.06. The van der Waals surface area contributed by atoms with E-state index in [1.807, 2.05) is 12.1 Å². The van der Waals surface area contributed by atoms with E-state index >= 15 is 0 Å². The highest BCUT2D eigenvalue weighted by Crippen LogP contribution is 2.06. The lowest BCUT2D eigenvalue weighted by molar-refractivity contribution is 0.602. The first-order chi connectivity index (χ1) is 5.38. The van der Waals surface area contributed by atoms with Crippen molar-refractivity contribution in [2.45, 2.75) is 0 Å². The first-order valence-electron chi connectivity index (χ1n) is 3.34. The van der Waals surface area contributed by atoms with Gasteiger partial charge in [0.25, 0.3) is 0 Å². The number of hydrogen-bond donors (Lipinski definition) is 0. The van der Waals surface area contributed by atoms with Crippen molar-refractivity contribution in [2.24, 2.45) is 0 Å². The molecule has 0 aliphatic heterocycles. The second-order valence-corrected chi connectivity index (χ2v) is 2.28. The molecule has 0 N–H and O–H groups in total. The first-order valence-corrected chi connectivity index (χ1v) is 3.34. The number of rotatable bonds is 0. The van der Waals surface area contributed by atoms with Gasteiger partial charge in [0.1, 0.15) is 5.58 Å². The molecule has 1 heterocycles. The zero-order valence-corrected chi connectivity index (χ0v) is 6.19. The van der Waals surface area contributed by atoms with E-state index in [1.165, 1.54) is 12.3 Å². The van der Waals surface area contributed by atoms with Crippen LogP contribution in [0.4, 0.5) is 4.70 Å². The van der Waals surface area contributed by atoms with Gasteiger partial charge < -0.3 is 4.42 Å². The lowest BCUT2D eigenvalue weighted by Crippen LogP contribution is -1.96. The summed E-state index contributed by atoms with van der Waals surface area (Å²) in [5, 5.41) is 0.634. The Morgan fingerprint density at radius 2 is 1.83 bits per heavy atom. The number of fused-ring (bicyclic) bond motifs is 1. The molecule has 1 aromatic carbocycles. The van der Waals surface area contributed by atoms with Crippen LogP contribution in [0, 0.1) is 0 Å². The Hall–Kier alpha value is -1.64. The molecule has 0 saturated heterocycles. The topological polar surface area (TPSA) is 30.2 Å². The van der Waals surface area contributed by atoms with Crippen LogP contribution in [-0.2, 0) is 0 Å². The van der Waals surface area contributed by atoms with E-state index in [0.717, 1.165) is 0 Å². The predicted molar refractivity (Wildman–Crippen MR) is 45.0 cm³/mol. The van der Waals surface area contributed by atoms with Crippen LogP contribution >= 0.6 is 0 Å². The smallest absolute Gasteiger partial charge is 0.192 e. The molecule has 3 heteroatoms. The summed E-state index contributed by atoms with van der Waals surface area (Å²) in [4.78, 5) is 11.1. The van der Waals surface area contributed by atoms with Gasteiger partial charge in [0.05, 0.1) is 11.6 Å². The molecular formula is C9H7FO2. The lowest BCUT2D eigenvalue weighted by atomic mass is 10.2. The number of hydrogen-bond acceptors (Lipinski definition) is 2. The van der Waals surface area contributed by atoms with Gasteiger partial charge in [-0.15, -0.1) is 0 Å². The van der Waals surface area contributed by atoms with Crippen LogP contribution in [0.1, 0.15) is 0 Å². The summed E-state index contributed by atoms with van der Waals surface area (Å²) >= 11 is 0. The third kappa shape index (κ3) is 1.21. The van der Waals surface area contributed by atoms with Crippen molar-refractivity contribution in [3.8, 4) is 0 Å². The lowest BCUT2D eigenvalue weighted by Gasteiger charge is -1.91. The molecule has 0 fully saturated rings. The fourth-order valence-corrected chi connectivity index (χ4v) is 1.03. The Morgan fingerprint density at radius 3 is 2.58 bits per heavy atom. The van der Waals surface area contributed by atoms with Crippen molar-refractivity contribution in [3.63, 3.8) is 0 Å². The van der Waals surface area contributed by atoms with Gasteiger partial charge in [0.15, 0.2) is 5.43 Å². The quantitative estimate of drug-likeness (QED) is 0.598. The van der Waals surface area contributed by atoms with Gasteiger partial charge in [0, 0.05) is 6.07 Å². The normalized spacial score (nSPS) is 9.33. The van der Waals surface area contributed by atoms with Crippen molar-refractivity contribution in [1.29, 1.82) is 0 Å². The van der Waals surface area contributed by atoms with E-state index in [9.17, 15) is 4.79 Å². The van der Waals surface area contributed by atoms with Gasteiger partial charge in [-0.3, -0.25) is 9.50 Å². The molecule has 1 aromatic heterocycles. The zero-order valence-electron chi connectivity index (χ0n) is 6.19. The minimum Gasteiger partial charge on any atom is -0.464 e. The summed E-state index contributed by atoms with van der Waals surface area (Å²) in [5.41, 5.74) is 0.645. The maximum absolute atomic E-state index is 11.1. The zero-order chi connectivity index (χ0) is 7.68. The highest BCUT2D eigenvalue weighted by molar-refractivity contribution is 5.75. The van der Waals surface area contributed by atoms with E-state index in [4.69, 9.17) is 4.42 Å². The standard InChI is InChI=1S/C9H6O2.FH/c10-8-5-6-11-9-4-2-1-3-7(8)9;/h1-6H;1H. The summed E-state index contributed by atoms with van der Waals surface area (Å²) in [6.45, 7) is 0. The van der Waals surface area contributed by atoms with Crippen LogP contribution in [0.15, 0.2) is 45.8 Å². The maximum atomic E-state index is 11.1. The minimum atomic E-state index is 0. The number of benzene rings is 1. The molecule has 2 nitrogen and oxygen atoms in total. The molecule has 0 bridgehead atoms. The van der Waals surface area contributed by atoms with Gasteiger partial charge >= 0.3 is 0 Å². The molecule has 0 radical (unpaired) electrons. The molecule has 62 valence electrons. The second-order valence-electron chi connectivity index (χ2n) is 2.28. The molecule has 0 saturated carbocycles. The maximum Gasteiger partial charge on any atom is 0.192 e. The second kappa shape index (κ2) is 3.17. The molecule has 0 atom stereocenters. The van der Waals surface area contributed by atoms with E-state index in [0.29, 0.717) is 11.0 Å².